The summed E-state index contributed by atoms with van der Waals surface area (Å²) in [7, 11) is 0. The van der Waals surface area contributed by atoms with E-state index in [-0.39, 0.29) is 12.5 Å². The molecule has 5 heteroatoms. The van der Waals surface area contributed by atoms with E-state index in [1.54, 1.807) is 12.1 Å². The van der Waals surface area contributed by atoms with E-state index in [0.717, 1.165) is 0 Å². The van der Waals surface area contributed by atoms with Crippen molar-refractivity contribution in [2.45, 2.75) is 32.1 Å². The number of hydrogen-bond acceptors (Lipinski definition) is 4. The monoisotopic (exact) mass is 276 g/mol. The fraction of sp³-hybridized carbons (Fsp3) is 0.533. The van der Waals surface area contributed by atoms with Gasteiger partial charge in [-0.15, -0.1) is 0 Å². The van der Waals surface area contributed by atoms with Crippen LogP contribution in [0.5, 0.6) is 11.5 Å². The minimum Gasteiger partial charge on any atom is -0.491 e. The van der Waals surface area contributed by atoms with Crippen molar-refractivity contribution in [2.24, 2.45) is 5.92 Å². The number of carbonyl (C=O) groups is 1. The molecule has 0 atom stereocenters. The van der Waals surface area contributed by atoms with Gasteiger partial charge in [0.25, 0.3) is 5.91 Å². The summed E-state index contributed by atoms with van der Waals surface area (Å²) in [4.78, 5) is 11.3. The van der Waals surface area contributed by atoms with Gasteiger partial charge in [-0.25, -0.2) is 0 Å². The molecule has 1 heterocycles. The van der Waals surface area contributed by atoms with E-state index in [1.807, 2.05) is 0 Å². The van der Waals surface area contributed by atoms with Crippen LogP contribution < -0.4 is 20.5 Å². The number of benzene rings is 1. The highest BCUT2D eigenvalue weighted by Gasteiger charge is 2.19. The van der Waals surface area contributed by atoms with Gasteiger partial charge in [0.15, 0.2) is 6.61 Å². The van der Waals surface area contributed by atoms with Crippen LogP contribution in [0.1, 0.15) is 32.1 Å². The maximum absolute atomic E-state index is 11.3. The predicted octanol–water partition coefficient (Wildman–Crippen LogP) is 2.56. The highest BCUT2D eigenvalue weighted by molar-refractivity contribution is 5.96. The van der Waals surface area contributed by atoms with Crippen molar-refractivity contribution in [3.8, 4) is 11.5 Å². The number of anilines is 2. The summed E-state index contributed by atoms with van der Waals surface area (Å²) < 4.78 is 11.2. The van der Waals surface area contributed by atoms with Gasteiger partial charge in [0.1, 0.15) is 11.5 Å². The van der Waals surface area contributed by atoms with Crippen molar-refractivity contribution in [1.82, 2.24) is 0 Å². The summed E-state index contributed by atoms with van der Waals surface area (Å²) >= 11 is 0. The third-order valence-corrected chi connectivity index (χ3v) is 3.94. The van der Waals surface area contributed by atoms with Crippen LogP contribution in [0, 0.1) is 5.92 Å². The van der Waals surface area contributed by atoms with E-state index in [9.17, 15) is 4.79 Å². The first-order valence-electron chi connectivity index (χ1n) is 7.21. The third kappa shape index (κ3) is 2.81. The first kappa shape index (κ1) is 13.1. The molecule has 1 aliphatic heterocycles. The lowest BCUT2D eigenvalue weighted by Crippen LogP contribution is -2.25. The Bertz CT molecular complexity index is 510. The van der Waals surface area contributed by atoms with E-state index in [2.05, 4.69) is 5.32 Å². The molecule has 3 rings (SSSR count). The number of nitrogens with one attached hydrogen (secondary N) is 1. The molecule has 1 saturated carbocycles. The summed E-state index contributed by atoms with van der Waals surface area (Å²) in [6.45, 7) is 0.729. The molecule has 108 valence electrons. The first-order valence-corrected chi connectivity index (χ1v) is 7.21. The molecule has 0 bridgehead atoms. The summed E-state index contributed by atoms with van der Waals surface area (Å²) in [6, 6.07) is 3.47. The van der Waals surface area contributed by atoms with Crippen LogP contribution in [0.3, 0.4) is 0 Å². The molecular weight excluding hydrogens is 256 g/mol. The summed E-state index contributed by atoms with van der Waals surface area (Å²) in [5.41, 5.74) is 7.16. The van der Waals surface area contributed by atoms with Crippen LogP contribution >= 0.6 is 0 Å². The molecule has 0 spiro atoms. The minimum absolute atomic E-state index is 0.0364. The standard InChI is InChI=1S/C15H20N2O3/c16-11-6-14-12(17-15(18)9-20-14)7-13(11)19-8-10-4-2-1-3-5-10/h6-7,10H,1-5,8-9,16H2,(H,17,18). The van der Waals surface area contributed by atoms with Gasteiger partial charge in [0.2, 0.25) is 0 Å². The van der Waals surface area contributed by atoms with Crippen LogP contribution in [0.25, 0.3) is 0 Å². The number of rotatable bonds is 3. The molecule has 1 aliphatic carbocycles. The maximum atomic E-state index is 11.3. The Morgan fingerprint density at radius 1 is 1.30 bits per heavy atom. The number of hydrogen-bond donors (Lipinski definition) is 2. The molecule has 2 aliphatic rings. The highest BCUT2D eigenvalue weighted by Crippen LogP contribution is 2.37. The molecule has 0 aromatic heterocycles. The quantitative estimate of drug-likeness (QED) is 0.832. The maximum Gasteiger partial charge on any atom is 0.262 e. The number of carbonyl (C=O) groups excluding carboxylic acids is 1. The Hall–Kier alpha value is -1.91. The van der Waals surface area contributed by atoms with Crippen molar-refractivity contribution in [3.05, 3.63) is 12.1 Å². The van der Waals surface area contributed by atoms with Crippen LogP contribution in [0.2, 0.25) is 0 Å². The summed E-state index contributed by atoms with van der Waals surface area (Å²) in [6.07, 6.45) is 6.37. The number of ether oxygens (including phenoxy) is 2. The lowest BCUT2D eigenvalue weighted by Gasteiger charge is -2.23. The molecule has 5 nitrogen and oxygen atoms in total. The SMILES string of the molecule is Nc1cc2c(cc1OCC1CCCCC1)NC(=O)CO2. The molecule has 1 amide bonds. The van der Waals surface area contributed by atoms with E-state index in [4.69, 9.17) is 15.2 Å². The summed E-state index contributed by atoms with van der Waals surface area (Å²) in [5.74, 6) is 1.69. The second-order valence-electron chi connectivity index (χ2n) is 5.54. The first-order chi connectivity index (χ1) is 9.72. The van der Waals surface area contributed by atoms with E-state index < -0.39 is 0 Å². The Morgan fingerprint density at radius 3 is 2.90 bits per heavy atom. The van der Waals surface area contributed by atoms with Gasteiger partial charge in [0.05, 0.1) is 18.0 Å². The molecule has 1 aromatic carbocycles. The van der Waals surface area contributed by atoms with E-state index in [0.29, 0.717) is 35.4 Å². The van der Waals surface area contributed by atoms with Crippen molar-refractivity contribution in [1.29, 1.82) is 0 Å². The third-order valence-electron chi connectivity index (χ3n) is 3.94. The number of amides is 1. The number of nitrogen functional groups attached to an aromatic ring is 1. The zero-order chi connectivity index (χ0) is 13.9. The van der Waals surface area contributed by atoms with Crippen LogP contribution in [0.4, 0.5) is 11.4 Å². The second-order valence-corrected chi connectivity index (χ2v) is 5.54. The van der Waals surface area contributed by atoms with Gasteiger partial charge in [-0.3, -0.25) is 4.79 Å². The molecule has 0 unspecified atom stereocenters. The van der Waals surface area contributed by atoms with E-state index >= 15 is 0 Å². The molecule has 1 fully saturated rings. The van der Waals surface area contributed by atoms with Crippen LogP contribution in [0.15, 0.2) is 12.1 Å². The molecule has 0 radical (unpaired) electrons. The van der Waals surface area contributed by atoms with Crippen molar-refractivity contribution in [2.75, 3.05) is 24.3 Å². The Labute approximate surface area is 118 Å². The molecule has 20 heavy (non-hydrogen) atoms. The van der Waals surface area contributed by atoms with Crippen LogP contribution in [-0.4, -0.2) is 19.1 Å². The summed E-state index contributed by atoms with van der Waals surface area (Å²) in [5, 5.41) is 2.77. The zero-order valence-corrected chi connectivity index (χ0v) is 11.5. The van der Waals surface area contributed by atoms with Crippen molar-refractivity contribution < 1.29 is 14.3 Å². The number of fused-ring (bicyclic) bond motifs is 1. The van der Waals surface area contributed by atoms with Gasteiger partial charge < -0.3 is 20.5 Å². The van der Waals surface area contributed by atoms with Gasteiger partial charge >= 0.3 is 0 Å². The molecule has 3 N–H and O–H groups in total. The minimum atomic E-state index is -0.152. The van der Waals surface area contributed by atoms with Gasteiger partial charge in [-0.1, -0.05) is 19.3 Å². The average Bonchev–Trinajstić information content (AvgIpc) is 2.46. The normalized spacial score (nSPS) is 18.9. The fourth-order valence-electron chi connectivity index (χ4n) is 2.81. The smallest absolute Gasteiger partial charge is 0.262 e. The van der Waals surface area contributed by atoms with Crippen molar-refractivity contribution >= 4 is 17.3 Å². The largest absolute Gasteiger partial charge is 0.491 e. The van der Waals surface area contributed by atoms with Gasteiger partial charge in [0, 0.05) is 12.1 Å². The van der Waals surface area contributed by atoms with Crippen LogP contribution in [-0.2, 0) is 4.79 Å². The Morgan fingerprint density at radius 2 is 2.10 bits per heavy atom. The van der Waals surface area contributed by atoms with E-state index in [1.165, 1.54) is 32.1 Å². The molecular formula is C15H20N2O3. The fourth-order valence-corrected chi connectivity index (χ4v) is 2.81. The lowest BCUT2D eigenvalue weighted by molar-refractivity contribution is -0.118. The predicted molar refractivity (Wildman–Crippen MR) is 77.0 cm³/mol. The Kier molecular flexibility index (Phi) is 3.67. The van der Waals surface area contributed by atoms with Gasteiger partial charge in [-0.05, 0) is 18.8 Å². The highest BCUT2D eigenvalue weighted by atomic mass is 16.5. The second kappa shape index (κ2) is 5.61. The number of nitrogens with two attached hydrogens (primary N) is 1. The van der Waals surface area contributed by atoms with Crippen molar-refractivity contribution in [3.63, 3.8) is 0 Å². The average molecular weight is 276 g/mol. The lowest BCUT2D eigenvalue weighted by atomic mass is 9.90. The molecule has 1 aromatic rings. The van der Waals surface area contributed by atoms with Gasteiger partial charge in [-0.2, -0.15) is 0 Å². The zero-order valence-electron chi connectivity index (χ0n) is 11.5. The Balaban J connectivity index is 1.69. The molecule has 0 saturated heterocycles. The topological polar surface area (TPSA) is 73.6 Å².